The second-order valence-corrected chi connectivity index (χ2v) is 6.66. The molecule has 0 aliphatic rings. The summed E-state index contributed by atoms with van der Waals surface area (Å²) in [5, 5.41) is 6.35. The molecule has 0 atom stereocenters. The molecule has 2 heterocycles. The molecule has 0 bridgehead atoms. The molecule has 0 aliphatic heterocycles. The number of carbonyl (C=O) groups is 1. The van der Waals surface area contributed by atoms with Crippen LogP contribution >= 0.6 is 0 Å². The van der Waals surface area contributed by atoms with Gasteiger partial charge in [0.15, 0.2) is 0 Å². The molecule has 0 aliphatic carbocycles. The zero-order chi connectivity index (χ0) is 19.7. The van der Waals surface area contributed by atoms with Crippen LogP contribution in [-0.4, -0.2) is 36.1 Å². The number of primary amides is 1. The molecule has 1 amide bonds. The number of nitrogens with two attached hydrogens (primary N) is 1. The van der Waals surface area contributed by atoms with Gasteiger partial charge in [0.05, 0.1) is 22.9 Å². The number of thiol groups is 1. The molecule has 0 spiro atoms. The Balaban J connectivity index is 2.28. The summed E-state index contributed by atoms with van der Waals surface area (Å²) < 4.78 is 51.8. The summed E-state index contributed by atoms with van der Waals surface area (Å²) in [6, 6.07) is 4.76. The van der Waals surface area contributed by atoms with Crippen LogP contribution in [0.2, 0.25) is 0 Å². The third-order valence-corrected chi connectivity index (χ3v) is 4.53. The number of benzene rings is 1. The Morgan fingerprint density at radius 1 is 1.37 bits per heavy atom. The lowest BCUT2D eigenvalue weighted by Gasteiger charge is -2.12. The first-order valence-electron chi connectivity index (χ1n) is 7.61. The molecular formula is C16H14F2N4O4S. The van der Waals surface area contributed by atoms with Gasteiger partial charge in [-0.25, -0.2) is 13.4 Å². The average Bonchev–Trinajstić information content (AvgIpc) is 2.98. The number of hydrogen-bond donors (Lipinski definition) is 3. The second kappa shape index (κ2) is 7.27. The first-order valence-corrected chi connectivity index (χ1v) is 8.97. The monoisotopic (exact) mass is 396 g/mol. The molecule has 0 saturated heterocycles. The fourth-order valence-corrected chi connectivity index (χ4v) is 3.42. The van der Waals surface area contributed by atoms with E-state index in [1.807, 2.05) is 0 Å². The lowest BCUT2D eigenvalue weighted by Crippen LogP contribution is -2.15. The van der Waals surface area contributed by atoms with Crippen LogP contribution < -0.4 is 10.5 Å². The molecule has 0 fully saturated rings. The van der Waals surface area contributed by atoms with Crippen molar-refractivity contribution in [1.29, 1.82) is 0 Å². The number of hydrogen-bond acceptors (Lipinski definition) is 6. The van der Waals surface area contributed by atoms with E-state index in [1.165, 1.54) is 6.20 Å². The van der Waals surface area contributed by atoms with Crippen LogP contribution in [0.4, 0.5) is 8.78 Å². The van der Waals surface area contributed by atoms with Gasteiger partial charge in [0.1, 0.15) is 16.4 Å². The molecule has 3 aromatic rings. The van der Waals surface area contributed by atoms with Gasteiger partial charge in [-0.05, 0) is 23.6 Å². The van der Waals surface area contributed by atoms with E-state index in [9.17, 15) is 22.0 Å². The van der Waals surface area contributed by atoms with E-state index in [2.05, 4.69) is 19.9 Å². The highest BCUT2D eigenvalue weighted by molar-refractivity contribution is 7.71. The zero-order valence-electron chi connectivity index (χ0n) is 13.9. The first kappa shape index (κ1) is 18.7. The number of nitrogens with one attached hydrogen (secondary N) is 1. The highest BCUT2D eigenvalue weighted by Gasteiger charge is 2.23. The zero-order valence-corrected chi connectivity index (χ0v) is 14.8. The van der Waals surface area contributed by atoms with E-state index in [1.54, 1.807) is 25.1 Å². The summed E-state index contributed by atoms with van der Waals surface area (Å²) in [6.45, 7) is -1.42. The largest absolute Gasteiger partial charge is 0.415 e. The molecule has 11 heteroatoms. The maximum Gasteiger partial charge on any atom is 0.388 e. The maximum absolute atomic E-state index is 12.7. The molecule has 0 radical (unpaired) electrons. The minimum Gasteiger partial charge on any atom is -0.415 e. The Morgan fingerprint density at radius 2 is 2.11 bits per heavy atom. The number of rotatable bonds is 6. The van der Waals surface area contributed by atoms with Gasteiger partial charge < -0.3 is 10.5 Å². The number of aryl methyl sites for hydroxylation is 1. The van der Waals surface area contributed by atoms with Crippen molar-refractivity contribution in [3.05, 3.63) is 41.2 Å². The molecule has 0 saturated carbocycles. The Kier molecular flexibility index (Phi) is 5.04. The molecule has 3 N–H and O–H groups in total. The summed E-state index contributed by atoms with van der Waals surface area (Å²) in [4.78, 5) is 15.8. The minimum atomic E-state index is -3.12. The number of halogens is 2. The summed E-state index contributed by atoms with van der Waals surface area (Å²) in [6.07, 6.45) is 1.24. The van der Waals surface area contributed by atoms with Crippen molar-refractivity contribution in [2.75, 3.05) is 0 Å². The topological polar surface area (TPSA) is 128 Å². The molecule has 8 nitrogen and oxygen atoms in total. The van der Waals surface area contributed by atoms with E-state index in [0.29, 0.717) is 16.7 Å². The molecule has 27 heavy (non-hydrogen) atoms. The van der Waals surface area contributed by atoms with Crippen molar-refractivity contribution in [3.63, 3.8) is 0 Å². The van der Waals surface area contributed by atoms with E-state index in [-0.39, 0.29) is 27.9 Å². The summed E-state index contributed by atoms with van der Waals surface area (Å²) in [5.74, 6) is -1.40. The molecule has 1 aromatic carbocycles. The van der Waals surface area contributed by atoms with Gasteiger partial charge in [-0.3, -0.25) is 9.89 Å². The second-order valence-electron chi connectivity index (χ2n) is 5.67. The normalized spacial score (nSPS) is 11.4. The molecular weight excluding hydrogens is 382 g/mol. The third kappa shape index (κ3) is 3.72. The van der Waals surface area contributed by atoms with E-state index < -0.39 is 29.1 Å². The van der Waals surface area contributed by atoms with Crippen LogP contribution in [0.3, 0.4) is 0 Å². The standard InChI is InChI=1S/C16H14F2N4O4S/c1-7-4-8(2-3-9(7)6-27(24)25)11-12-10(5-20-13(11)14(19)23)21-22-15(12)26-16(17)18/h2-5,16,27H,6H2,1H3,(H2,19,23)(H,21,22). The van der Waals surface area contributed by atoms with Gasteiger partial charge in [-0.1, -0.05) is 18.2 Å². The van der Waals surface area contributed by atoms with Crippen LogP contribution in [0.15, 0.2) is 24.4 Å². The van der Waals surface area contributed by atoms with E-state index in [0.717, 1.165) is 0 Å². The summed E-state index contributed by atoms with van der Waals surface area (Å²) >= 11 is 0. The number of H-pyrrole nitrogens is 1. The van der Waals surface area contributed by atoms with Gasteiger partial charge in [0.2, 0.25) is 5.88 Å². The van der Waals surface area contributed by atoms with Crippen LogP contribution in [0.25, 0.3) is 22.0 Å². The van der Waals surface area contributed by atoms with Crippen molar-refractivity contribution < 1.29 is 26.7 Å². The minimum absolute atomic E-state index is 0.126. The number of fused-ring (bicyclic) bond motifs is 1. The Labute approximate surface area is 153 Å². The van der Waals surface area contributed by atoms with E-state index in [4.69, 9.17) is 5.73 Å². The number of aromatic nitrogens is 3. The maximum atomic E-state index is 12.7. The smallest absolute Gasteiger partial charge is 0.388 e. The van der Waals surface area contributed by atoms with Crippen molar-refractivity contribution >= 4 is 27.5 Å². The highest BCUT2D eigenvalue weighted by Crippen LogP contribution is 2.36. The predicted octanol–water partition coefficient (Wildman–Crippen LogP) is 1.75. The van der Waals surface area contributed by atoms with Crippen LogP contribution in [0.1, 0.15) is 21.6 Å². The number of pyridine rings is 1. The number of aromatic amines is 1. The molecule has 0 unspecified atom stereocenters. The van der Waals surface area contributed by atoms with Crippen molar-refractivity contribution in [2.45, 2.75) is 19.3 Å². The molecule has 142 valence electrons. The quantitative estimate of drug-likeness (QED) is 0.545. The molecule has 3 rings (SSSR count). The van der Waals surface area contributed by atoms with Gasteiger partial charge in [0.25, 0.3) is 5.91 Å². The van der Waals surface area contributed by atoms with Crippen molar-refractivity contribution in [3.8, 4) is 17.0 Å². The number of alkyl halides is 2. The number of carbonyl (C=O) groups excluding carboxylic acids is 1. The van der Waals surface area contributed by atoms with Gasteiger partial charge >= 0.3 is 6.61 Å². The number of amides is 1. The lowest BCUT2D eigenvalue weighted by atomic mass is 9.96. The number of ether oxygens (including phenoxy) is 1. The van der Waals surface area contributed by atoms with Gasteiger partial charge in [0, 0.05) is 5.56 Å². The molecule has 2 aromatic heterocycles. The van der Waals surface area contributed by atoms with E-state index >= 15 is 0 Å². The highest BCUT2D eigenvalue weighted by atomic mass is 32.2. The van der Waals surface area contributed by atoms with Crippen LogP contribution in [0.5, 0.6) is 5.88 Å². The van der Waals surface area contributed by atoms with Gasteiger partial charge in [-0.15, -0.1) is 5.10 Å². The fraction of sp³-hybridized carbons (Fsp3) is 0.188. The lowest BCUT2D eigenvalue weighted by molar-refractivity contribution is -0.0518. The van der Waals surface area contributed by atoms with Crippen molar-refractivity contribution in [2.24, 2.45) is 5.73 Å². The van der Waals surface area contributed by atoms with Crippen LogP contribution in [-0.2, 0) is 16.5 Å². The Morgan fingerprint density at radius 3 is 2.70 bits per heavy atom. The van der Waals surface area contributed by atoms with Gasteiger partial charge in [-0.2, -0.15) is 8.78 Å². The Bertz CT molecular complexity index is 1100. The Hall–Kier alpha value is -3.08. The fourth-order valence-electron chi connectivity index (χ4n) is 2.79. The SMILES string of the molecule is Cc1cc(-c2c(C(N)=O)ncc3[nH]nc(OC(F)F)c23)ccc1C[SH](=O)=O. The first-order chi connectivity index (χ1) is 12.8. The number of nitrogens with zero attached hydrogens (tertiary/aromatic N) is 2. The van der Waals surface area contributed by atoms with Crippen molar-refractivity contribution in [1.82, 2.24) is 15.2 Å². The summed E-state index contributed by atoms with van der Waals surface area (Å²) in [7, 11) is -2.61. The predicted molar refractivity (Wildman–Crippen MR) is 93.2 cm³/mol. The summed E-state index contributed by atoms with van der Waals surface area (Å²) in [5.41, 5.74) is 7.34. The third-order valence-electron chi connectivity index (χ3n) is 3.94. The average molecular weight is 396 g/mol. The van der Waals surface area contributed by atoms with Crippen LogP contribution in [0, 0.1) is 6.92 Å².